The average molecular weight is 682 g/mol. The summed E-state index contributed by atoms with van der Waals surface area (Å²) in [7, 11) is 0. The number of rotatable bonds is 5. The first-order valence-electron chi connectivity index (χ1n) is 22.5. The predicted octanol–water partition coefficient (Wildman–Crippen LogP) is 14.8. The molecule has 0 amide bonds. The van der Waals surface area contributed by atoms with Crippen LogP contribution >= 0.6 is 0 Å². The molecule has 11 aromatic rings. The van der Waals surface area contributed by atoms with Crippen molar-refractivity contribution in [3.8, 4) is 22.3 Å². The third-order valence-electron chi connectivity index (χ3n) is 10.5. The molecule has 0 atom stereocenters. The molecule has 0 bridgehead atoms. The Bertz CT molecular complexity index is 3560. The van der Waals surface area contributed by atoms with E-state index in [1.165, 1.54) is 16.2 Å². The molecular weight excluding hydrogens is 639 g/mol. The zero-order valence-electron chi connectivity index (χ0n) is 38.2. The fourth-order valence-electron chi connectivity index (χ4n) is 8.24. The molecule has 0 aromatic heterocycles. The molecule has 0 N–H and O–H groups in total. The van der Waals surface area contributed by atoms with E-state index >= 15 is 0 Å². The van der Waals surface area contributed by atoms with Crippen LogP contribution < -0.4 is 4.90 Å². The van der Waals surface area contributed by atoms with Crippen molar-refractivity contribution in [1.82, 2.24) is 0 Å². The molecule has 11 rings (SSSR count). The Morgan fingerprint density at radius 3 is 1.21 bits per heavy atom. The molecule has 0 aliphatic carbocycles. The summed E-state index contributed by atoms with van der Waals surface area (Å²) in [5, 5.41) is 13.4. The molecule has 0 unspecified atom stereocenters. The van der Waals surface area contributed by atoms with Gasteiger partial charge in [0.25, 0.3) is 0 Å². The van der Waals surface area contributed by atoms with Crippen molar-refractivity contribution in [3.05, 3.63) is 200 Å². The molecule has 246 valence electrons. The first-order valence-corrected chi connectivity index (χ1v) is 17.5. The molecule has 0 aliphatic heterocycles. The minimum absolute atomic E-state index is 0.106. The molecule has 0 spiro atoms. The van der Waals surface area contributed by atoms with Crippen molar-refractivity contribution in [1.29, 1.82) is 0 Å². The molecule has 53 heavy (non-hydrogen) atoms. The van der Waals surface area contributed by atoms with Gasteiger partial charge in [-0.1, -0.05) is 170 Å². The number of nitrogens with zero attached hydrogens (tertiary/aromatic N) is 1. The topological polar surface area (TPSA) is 3.24 Å². The maximum absolute atomic E-state index is 8.66. The average Bonchev–Trinajstić information content (AvgIpc) is 3.31. The Labute approximate surface area is 322 Å². The third kappa shape index (κ3) is 4.64. The second-order valence-electron chi connectivity index (χ2n) is 13.3. The third-order valence-corrected chi connectivity index (χ3v) is 10.5. The summed E-state index contributed by atoms with van der Waals surface area (Å²) in [6.07, 6.45) is 0. The van der Waals surface area contributed by atoms with Crippen molar-refractivity contribution < 1.29 is 13.7 Å². The molecule has 0 aliphatic rings. The largest absolute Gasteiger partial charge is 0.310 e. The van der Waals surface area contributed by atoms with Gasteiger partial charge in [-0.2, -0.15) is 0 Å². The van der Waals surface area contributed by atoms with Crippen LogP contribution in [0.1, 0.15) is 13.7 Å². The number of anilines is 3. The van der Waals surface area contributed by atoms with Gasteiger partial charge in [-0.25, -0.2) is 0 Å². The highest BCUT2D eigenvalue weighted by Gasteiger charge is 2.21. The Hall–Kier alpha value is -6.96. The summed E-state index contributed by atoms with van der Waals surface area (Å²) >= 11 is 0. The number of hydrogen-bond acceptors (Lipinski definition) is 1. The molecule has 0 saturated carbocycles. The summed E-state index contributed by atoms with van der Waals surface area (Å²) in [6, 6.07) is 43.3. The van der Waals surface area contributed by atoms with Gasteiger partial charge in [0.2, 0.25) is 0 Å². The van der Waals surface area contributed by atoms with Crippen LogP contribution in [0.25, 0.3) is 86.9 Å². The van der Waals surface area contributed by atoms with Crippen molar-refractivity contribution in [3.63, 3.8) is 0 Å². The molecule has 0 radical (unpaired) electrons. The number of benzene rings is 10. The summed E-state index contributed by atoms with van der Waals surface area (Å²) in [5.41, 5.74) is 3.42. The Morgan fingerprint density at radius 1 is 0.321 bits per heavy atom. The molecule has 11 aromatic carbocycles. The molecule has 0 heterocycles. The molecule has 1 nitrogen and oxygen atoms in total. The van der Waals surface area contributed by atoms with Crippen LogP contribution in [0.4, 0.5) is 17.1 Å². The van der Waals surface area contributed by atoms with Gasteiger partial charge in [-0.05, 0) is 106 Å². The Morgan fingerprint density at radius 2 is 0.717 bits per heavy atom. The fourth-order valence-corrected chi connectivity index (χ4v) is 8.24. The Kier molecular flexibility index (Phi) is 4.77. The van der Waals surface area contributed by atoms with E-state index in [1.54, 1.807) is 24.3 Å². The van der Waals surface area contributed by atoms with Crippen molar-refractivity contribution in [2.45, 2.75) is 0 Å². The zero-order valence-corrected chi connectivity index (χ0v) is 28.2. The molecule has 0 saturated heterocycles. The van der Waals surface area contributed by atoms with E-state index in [9.17, 15) is 0 Å². The normalized spacial score (nSPS) is 14.4. The van der Waals surface area contributed by atoms with E-state index < -0.39 is 36.3 Å². The lowest BCUT2D eigenvalue weighted by Crippen LogP contribution is -2.10. The summed E-state index contributed by atoms with van der Waals surface area (Å²) < 4.78 is 84.1. The highest BCUT2D eigenvalue weighted by Crippen LogP contribution is 2.48. The molecular formula is C52H33N. The molecule has 0 fully saturated rings. The van der Waals surface area contributed by atoms with E-state index in [2.05, 4.69) is 95.9 Å². The van der Waals surface area contributed by atoms with Gasteiger partial charge in [0.1, 0.15) is 0 Å². The first kappa shape index (κ1) is 21.4. The number of hydrogen-bond donors (Lipinski definition) is 0. The minimum Gasteiger partial charge on any atom is -0.310 e. The quantitative estimate of drug-likeness (QED) is 0.163. The molecule has 1 heteroatoms. The lowest BCUT2D eigenvalue weighted by Gasteiger charge is -2.28. The van der Waals surface area contributed by atoms with Crippen LogP contribution in [0.3, 0.4) is 0 Å². The van der Waals surface area contributed by atoms with Gasteiger partial charge in [-0.15, -0.1) is 0 Å². The number of fused-ring (bicyclic) bond motifs is 2. The van der Waals surface area contributed by atoms with Gasteiger partial charge < -0.3 is 4.90 Å². The van der Waals surface area contributed by atoms with Crippen LogP contribution in [-0.2, 0) is 0 Å². The van der Waals surface area contributed by atoms with Gasteiger partial charge in [-0.3, -0.25) is 0 Å². The summed E-state index contributed by atoms with van der Waals surface area (Å²) in [6.45, 7) is 0. The first-order chi connectivity index (χ1) is 30.4. The maximum Gasteiger partial charge on any atom is 0.0629 e. The van der Waals surface area contributed by atoms with Crippen LogP contribution in [0.5, 0.6) is 0 Å². The van der Waals surface area contributed by atoms with Crippen molar-refractivity contribution in [2.75, 3.05) is 4.90 Å². The Balaban J connectivity index is 1.21. The summed E-state index contributed by atoms with van der Waals surface area (Å²) in [4.78, 5) is 2.11. The van der Waals surface area contributed by atoms with Crippen LogP contribution in [0, 0.1) is 0 Å². The second kappa shape index (κ2) is 11.8. The highest BCUT2D eigenvalue weighted by atomic mass is 15.1. The van der Waals surface area contributed by atoms with E-state index in [-0.39, 0.29) is 35.3 Å². The smallest absolute Gasteiger partial charge is 0.0629 e. The van der Waals surface area contributed by atoms with Crippen LogP contribution in [0.2, 0.25) is 0 Å². The SMILES string of the molecule is [2H]c1c([2H])c([2H])c(-c2ccc(N(c3ccc(-c4c([2H])c([2H])c([2H])c([2H])c4[2H])cc3)c3cc4cccc5c6cccc7ccc8cccc(c9cccc3c9c45)c8c76)cc2)c([2H])c1[2H]. The fraction of sp³-hybridized carbons (Fsp3) is 0. The van der Waals surface area contributed by atoms with Gasteiger partial charge >= 0.3 is 0 Å². The van der Waals surface area contributed by atoms with Crippen molar-refractivity contribution in [2.24, 2.45) is 0 Å². The monoisotopic (exact) mass is 681 g/mol. The zero-order chi connectivity index (χ0) is 43.6. The second-order valence-corrected chi connectivity index (χ2v) is 13.3. The van der Waals surface area contributed by atoms with E-state index in [4.69, 9.17) is 13.7 Å². The van der Waals surface area contributed by atoms with Gasteiger partial charge in [0.15, 0.2) is 0 Å². The lowest BCUT2D eigenvalue weighted by molar-refractivity contribution is 1.30. The van der Waals surface area contributed by atoms with Crippen molar-refractivity contribution >= 4 is 81.7 Å². The minimum atomic E-state index is -0.453. The van der Waals surface area contributed by atoms with Crippen LogP contribution in [-0.4, -0.2) is 0 Å². The predicted molar refractivity (Wildman–Crippen MR) is 228 cm³/mol. The van der Waals surface area contributed by atoms with E-state index in [0.717, 1.165) is 54.2 Å². The summed E-state index contributed by atoms with van der Waals surface area (Å²) in [5.74, 6) is 0. The standard InChI is InChI=1S/C52H33N/c1-3-11-34(12-4-1)36-25-29-41(30-26-36)53(42-31-27-37(28-32-42)35-13-5-2-6-14-35)48-33-40-17-9-20-44-43-18-7-15-38-23-24-39-16-8-19-45(50(39)49(38)43)46-21-10-22-47(48)52(46)51(40)44/h1-33H/i1D,2D,3D,4D,5D,6D,11D,12D,13D,14D. The van der Waals surface area contributed by atoms with E-state index in [1.807, 2.05) is 24.3 Å². The van der Waals surface area contributed by atoms with Gasteiger partial charge in [0.05, 0.1) is 19.4 Å². The van der Waals surface area contributed by atoms with E-state index in [0.29, 0.717) is 22.5 Å². The van der Waals surface area contributed by atoms with Gasteiger partial charge in [0, 0.05) is 22.1 Å². The highest BCUT2D eigenvalue weighted by molar-refractivity contribution is 6.38. The lowest BCUT2D eigenvalue weighted by atomic mass is 9.87. The maximum atomic E-state index is 8.66. The van der Waals surface area contributed by atoms with Crippen LogP contribution in [0.15, 0.2) is 200 Å².